The van der Waals surface area contributed by atoms with Crippen molar-refractivity contribution in [2.45, 2.75) is 42.5 Å². The van der Waals surface area contributed by atoms with Crippen LogP contribution in [0.25, 0.3) is 0 Å². The maximum absolute atomic E-state index is 12.1. The van der Waals surface area contributed by atoms with E-state index >= 15 is 0 Å². The largest absolute Gasteiger partial charge is 0.317 e. The number of hydrogen-bond acceptors (Lipinski definition) is 4. The van der Waals surface area contributed by atoms with Crippen molar-refractivity contribution in [3.63, 3.8) is 0 Å². The van der Waals surface area contributed by atoms with E-state index in [0.29, 0.717) is 12.8 Å². The van der Waals surface area contributed by atoms with Crippen molar-refractivity contribution < 1.29 is 13.2 Å². The topological polar surface area (TPSA) is 89.3 Å². The minimum Gasteiger partial charge on any atom is -0.317 e. The number of carbonyl (C=O) groups is 1. The molecule has 6 heteroatoms. The molecule has 19 heavy (non-hydrogen) atoms. The summed E-state index contributed by atoms with van der Waals surface area (Å²) in [5.74, 6) is -0.601. The highest BCUT2D eigenvalue weighted by Crippen LogP contribution is 2.26. The first-order valence-electron chi connectivity index (χ1n) is 6.35. The van der Waals surface area contributed by atoms with Crippen LogP contribution in [-0.2, 0) is 14.8 Å². The molecule has 0 spiro atoms. The molecule has 1 amide bonds. The number of sulfonamides is 1. The van der Waals surface area contributed by atoms with Gasteiger partial charge in [-0.1, -0.05) is 37.5 Å². The summed E-state index contributed by atoms with van der Waals surface area (Å²) in [6.07, 6.45) is 3.81. The second kappa shape index (κ2) is 5.30. The third kappa shape index (κ3) is 3.13. The van der Waals surface area contributed by atoms with E-state index in [2.05, 4.69) is 4.72 Å². The van der Waals surface area contributed by atoms with Crippen LogP contribution in [-0.4, -0.2) is 19.9 Å². The highest BCUT2D eigenvalue weighted by molar-refractivity contribution is 7.90. The molecule has 3 N–H and O–H groups in total. The predicted octanol–water partition coefficient (Wildman–Crippen LogP) is 1.15. The zero-order chi connectivity index (χ0) is 13.9. The number of hydrogen-bond donors (Lipinski definition) is 2. The standard InChI is InChI=1S/C13H18N2O3S/c14-13(9-5-2-6-10-13)12(16)15-19(17,18)11-7-3-1-4-8-11/h1,3-4,7-8H,2,5-6,9-10,14H2,(H,15,16). The number of benzene rings is 1. The zero-order valence-corrected chi connectivity index (χ0v) is 11.4. The number of nitrogens with two attached hydrogens (primary N) is 1. The van der Waals surface area contributed by atoms with E-state index in [9.17, 15) is 13.2 Å². The summed E-state index contributed by atoms with van der Waals surface area (Å²) in [6.45, 7) is 0. The lowest BCUT2D eigenvalue weighted by atomic mass is 9.82. The molecule has 0 bridgehead atoms. The van der Waals surface area contributed by atoms with Gasteiger partial charge in [-0.3, -0.25) is 4.79 Å². The lowest BCUT2D eigenvalue weighted by Gasteiger charge is -2.31. The molecular weight excluding hydrogens is 264 g/mol. The molecule has 104 valence electrons. The molecular formula is C13H18N2O3S. The molecule has 0 unspecified atom stereocenters. The average Bonchev–Trinajstić information content (AvgIpc) is 2.40. The van der Waals surface area contributed by atoms with Crippen LogP contribution in [0.1, 0.15) is 32.1 Å². The quantitative estimate of drug-likeness (QED) is 0.870. The van der Waals surface area contributed by atoms with Gasteiger partial charge < -0.3 is 5.73 Å². The summed E-state index contributed by atoms with van der Waals surface area (Å²) in [5, 5.41) is 0. The van der Waals surface area contributed by atoms with Crippen molar-refractivity contribution in [3.05, 3.63) is 30.3 Å². The molecule has 1 aromatic rings. The first-order chi connectivity index (χ1) is 8.94. The first-order valence-corrected chi connectivity index (χ1v) is 7.84. The van der Waals surface area contributed by atoms with E-state index in [1.807, 2.05) is 0 Å². The van der Waals surface area contributed by atoms with Gasteiger partial charge in [0.05, 0.1) is 10.4 Å². The second-order valence-corrected chi connectivity index (χ2v) is 6.65. The fourth-order valence-electron chi connectivity index (χ4n) is 2.29. The molecule has 1 aromatic carbocycles. The summed E-state index contributed by atoms with van der Waals surface area (Å²) >= 11 is 0. The average molecular weight is 282 g/mol. The summed E-state index contributed by atoms with van der Waals surface area (Å²) < 4.78 is 26.2. The SMILES string of the molecule is NC1(C(=O)NS(=O)(=O)c2ccccc2)CCCCC1. The Kier molecular flexibility index (Phi) is 3.91. The smallest absolute Gasteiger partial charge is 0.264 e. The molecule has 0 aliphatic heterocycles. The van der Waals surface area contributed by atoms with Crippen LogP contribution in [0.15, 0.2) is 35.2 Å². The summed E-state index contributed by atoms with van der Waals surface area (Å²) in [4.78, 5) is 12.2. The van der Waals surface area contributed by atoms with Gasteiger partial charge >= 0.3 is 0 Å². The molecule has 1 aliphatic carbocycles. The van der Waals surface area contributed by atoms with Crippen molar-refractivity contribution >= 4 is 15.9 Å². The third-order valence-electron chi connectivity index (χ3n) is 3.48. The van der Waals surface area contributed by atoms with E-state index in [-0.39, 0.29) is 4.90 Å². The molecule has 0 aromatic heterocycles. The molecule has 0 atom stereocenters. The highest BCUT2D eigenvalue weighted by Gasteiger charge is 2.37. The minimum atomic E-state index is -3.83. The summed E-state index contributed by atoms with van der Waals surface area (Å²) in [7, 11) is -3.83. The Bertz CT molecular complexity index is 549. The maximum atomic E-state index is 12.1. The van der Waals surface area contributed by atoms with Gasteiger partial charge in [0.15, 0.2) is 0 Å². The van der Waals surface area contributed by atoms with Gasteiger partial charge in [-0.05, 0) is 25.0 Å². The number of amides is 1. The van der Waals surface area contributed by atoms with Gasteiger partial charge in [-0.2, -0.15) is 0 Å². The van der Waals surface area contributed by atoms with Gasteiger partial charge in [0, 0.05) is 0 Å². The predicted molar refractivity (Wildman–Crippen MR) is 71.8 cm³/mol. The van der Waals surface area contributed by atoms with Crippen LogP contribution in [0.3, 0.4) is 0 Å². The van der Waals surface area contributed by atoms with Gasteiger partial charge in [0.1, 0.15) is 0 Å². The highest BCUT2D eigenvalue weighted by atomic mass is 32.2. The van der Waals surface area contributed by atoms with Gasteiger partial charge in [-0.15, -0.1) is 0 Å². The van der Waals surface area contributed by atoms with E-state index in [0.717, 1.165) is 19.3 Å². The molecule has 0 saturated heterocycles. The molecule has 1 fully saturated rings. The second-order valence-electron chi connectivity index (χ2n) is 4.96. The van der Waals surface area contributed by atoms with Crippen molar-refractivity contribution in [1.82, 2.24) is 4.72 Å². The van der Waals surface area contributed by atoms with Crippen LogP contribution < -0.4 is 10.5 Å². The third-order valence-corrected chi connectivity index (χ3v) is 4.83. The van der Waals surface area contributed by atoms with Crippen LogP contribution in [0.2, 0.25) is 0 Å². The van der Waals surface area contributed by atoms with Gasteiger partial charge in [0.2, 0.25) is 0 Å². The molecule has 0 radical (unpaired) electrons. The normalized spacial score (nSPS) is 18.8. The van der Waals surface area contributed by atoms with E-state index in [1.165, 1.54) is 12.1 Å². The van der Waals surface area contributed by atoms with Crippen molar-refractivity contribution in [3.8, 4) is 0 Å². The molecule has 1 aliphatic rings. The Morgan fingerprint density at radius 1 is 1.11 bits per heavy atom. The van der Waals surface area contributed by atoms with E-state index in [1.54, 1.807) is 18.2 Å². The Balaban J connectivity index is 2.14. The first kappa shape index (κ1) is 14.0. The summed E-state index contributed by atoms with van der Waals surface area (Å²) in [6, 6.07) is 7.82. The lowest BCUT2D eigenvalue weighted by Crippen LogP contribution is -2.56. The fraction of sp³-hybridized carbons (Fsp3) is 0.462. The van der Waals surface area contributed by atoms with Crippen LogP contribution >= 0.6 is 0 Å². The van der Waals surface area contributed by atoms with Crippen molar-refractivity contribution in [2.24, 2.45) is 5.73 Å². The van der Waals surface area contributed by atoms with Crippen molar-refractivity contribution in [1.29, 1.82) is 0 Å². The van der Waals surface area contributed by atoms with Gasteiger partial charge in [0.25, 0.3) is 15.9 Å². The number of nitrogens with one attached hydrogen (secondary N) is 1. The molecule has 1 saturated carbocycles. The van der Waals surface area contributed by atoms with Crippen LogP contribution in [0.4, 0.5) is 0 Å². The van der Waals surface area contributed by atoms with Gasteiger partial charge in [-0.25, -0.2) is 13.1 Å². The fourth-order valence-corrected chi connectivity index (χ4v) is 3.37. The lowest BCUT2D eigenvalue weighted by molar-refractivity contribution is -0.125. The zero-order valence-electron chi connectivity index (χ0n) is 10.6. The molecule has 5 nitrogen and oxygen atoms in total. The van der Waals surface area contributed by atoms with Crippen LogP contribution in [0.5, 0.6) is 0 Å². The number of carbonyl (C=O) groups excluding carboxylic acids is 1. The van der Waals surface area contributed by atoms with Crippen molar-refractivity contribution in [2.75, 3.05) is 0 Å². The summed E-state index contributed by atoms with van der Waals surface area (Å²) in [5.41, 5.74) is 4.96. The molecule has 0 heterocycles. The minimum absolute atomic E-state index is 0.0720. The Morgan fingerprint density at radius 2 is 1.68 bits per heavy atom. The monoisotopic (exact) mass is 282 g/mol. The Labute approximate surface area is 113 Å². The number of rotatable bonds is 3. The Morgan fingerprint density at radius 3 is 2.26 bits per heavy atom. The Hall–Kier alpha value is -1.40. The maximum Gasteiger partial charge on any atom is 0.264 e. The molecule has 2 rings (SSSR count). The van der Waals surface area contributed by atoms with Crippen LogP contribution in [0, 0.1) is 0 Å². The van der Waals surface area contributed by atoms with E-state index in [4.69, 9.17) is 5.73 Å². The van der Waals surface area contributed by atoms with E-state index < -0.39 is 21.5 Å².